The maximum absolute atomic E-state index is 10.6. The molecule has 1 saturated carbocycles. The molecule has 1 aromatic rings. The highest BCUT2D eigenvalue weighted by molar-refractivity contribution is 9.10. The summed E-state index contributed by atoms with van der Waals surface area (Å²) in [6.07, 6.45) is 2.95. The number of aliphatic hydroxyl groups is 2. The van der Waals surface area contributed by atoms with Crippen molar-refractivity contribution in [2.75, 3.05) is 7.11 Å². The molecule has 1 unspecified atom stereocenters. The molecule has 0 aliphatic heterocycles. The topological polar surface area (TPSA) is 49.7 Å². The molecule has 1 aliphatic carbocycles. The highest BCUT2D eigenvalue weighted by Crippen LogP contribution is 2.36. The summed E-state index contributed by atoms with van der Waals surface area (Å²) in [5.74, 6) is 1.39. The van der Waals surface area contributed by atoms with Gasteiger partial charge < -0.3 is 14.9 Å². The molecule has 2 rings (SSSR count). The van der Waals surface area contributed by atoms with Crippen molar-refractivity contribution in [3.63, 3.8) is 0 Å². The number of benzene rings is 1. The van der Waals surface area contributed by atoms with Gasteiger partial charge in [0.2, 0.25) is 0 Å². The molecule has 1 aliphatic rings. The van der Waals surface area contributed by atoms with Crippen LogP contribution in [0, 0.1) is 5.92 Å². The van der Waals surface area contributed by atoms with Gasteiger partial charge in [0.1, 0.15) is 5.75 Å². The maximum Gasteiger partial charge on any atom is 0.122 e. The van der Waals surface area contributed by atoms with Crippen LogP contribution in [0.2, 0.25) is 0 Å². The Balaban J connectivity index is 2.11. The number of hydrogen-bond acceptors (Lipinski definition) is 3. The van der Waals surface area contributed by atoms with Gasteiger partial charge in [-0.1, -0.05) is 22.9 Å². The van der Waals surface area contributed by atoms with Crippen LogP contribution in [0.1, 0.15) is 38.2 Å². The molecule has 4 heteroatoms. The first-order valence-electron chi connectivity index (χ1n) is 7.17. The number of methoxy groups -OCH3 is 1. The van der Waals surface area contributed by atoms with Gasteiger partial charge >= 0.3 is 0 Å². The van der Waals surface area contributed by atoms with E-state index in [1.165, 1.54) is 0 Å². The van der Waals surface area contributed by atoms with Gasteiger partial charge in [0.25, 0.3) is 0 Å². The van der Waals surface area contributed by atoms with E-state index in [9.17, 15) is 10.2 Å². The molecule has 2 N–H and O–H groups in total. The zero-order valence-electron chi connectivity index (χ0n) is 12.1. The van der Waals surface area contributed by atoms with Gasteiger partial charge in [-0.3, -0.25) is 0 Å². The van der Waals surface area contributed by atoms with E-state index >= 15 is 0 Å². The summed E-state index contributed by atoms with van der Waals surface area (Å²) < 4.78 is 6.27. The molecule has 1 aromatic carbocycles. The molecular formula is C16H23BrO3. The second kappa shape index (κ2) is 6.46. The highest BCUT2D eigenvalue weighted by Gasteiger charge is 2.38. The van der Waals surface area contributed by atoms with E-state index in [4.69, 9.17) is 4.74 Å². The lowest BCUT2D eigenvalue weighted by atomic mass is 9.75. The van der Waals surface area contributed by atoms with Gasteiger partial charge in [-0.15, -0.1) is 0 Å². The van der Waals surface area contributed by atoms with Crippen LogP contribution in [0.5, 0.6) is 5.75 Å². The molecule has 0 bridgehead atoms. The summed E-state index contributed by atoms with van der Waals surface area (Å²) in [7, 11) is 1.62. The van der Waals surface area contributed by atoms with E-state index in [1.54, 1.807) is 7.11 Å². The Bertz CT molecular complexity index is 453. The molecule has 0 spiro atoms. The summed E-state index contributed by atoms with van der Waals surface area (Å²) in [6.45, 7) is 2.20. The summed E-state index contributed by atoms with van der Waals surface area (Å²) in [4.78, 5) is 0. The van der Waals surface area contributed by atoms with Crippen LogP contribution in [0.3, 0.4) is 0 Å². The van der Waals surface area contributed by atoms with Gasteiger partial charge in [-0.05, 0) is 55.4 Å². The third-order valence-electron chi connectivity index (χ3n) is 4.42. The van der Waals surface area contributed by atoms with Crippen molar-refractivity contribution in [1.29, 1.82) is 0 Å². The van der Waals surface area contributed by atoms with Crippen LogP contribution in [0.15, 0.2) is 22.7 Å². The predicted molar refractivity (Wildman–Crippen MR) is 83.0 cm³/mol. The first-order chi connectivity index (χ1) is 9.44. The molecule has 0 aromatic heterocycles. The normalized spacial score (nSPS) is 28.1. The first kappa shape index (κ1) is 15.8. The largest absolute Gasteiger partial charge is 0.496 e. The minimum atomic E-state index is -0.958. The van der Waals surface area contributed by atoms with Crippen molar-refractivity contribution in [3.8, 4) is 5.75 Å². The van der Waals surface area contributed by atoms with Crippen molar-refractivity contribution < 1.29 is 14.9 Å². The lowest BCUT2D eigenvalue weighted by molar-refractivity contribution is -0.102. The molecule has 0 radical (unpaired) electrons. The molecular weight excluding hydrogens is 320 g/mol. The maximum atomic E-state index is 10.6. The Hall–Kier alpha value is -0.580. The van der Waals surface area contributed by atoms with E-state index in [2.05, 4.69) is 22.9 Å². The van der Waals surface area contributed by atoms with E-state index in [1.807, 2.05) is 18.2 Å². The van der Waals surface area contributed by atoms with Gasteiger partial charge in [0.15, 0.2) is 0 Å². The molecule has 1 fully saturated rings. The molecule has 20 heavy (non-hydrogen) atoms. The Morgan fingerprint density at radius 1 is 1.40 bits per heavy atom. The Morgan fingerprint density at radius 2 is 2.05 bits per heavy atom. The number of halogens is 1. The lowest BCUT2D eigenvalue weighted by Crippen LogP contribution is -2.46. The van der Waals surface area contributed by atoms with Crippen LogP contribution in [-0.4, -0.2) is 29.0 Å². The number of aliphatic hydroxyl groups excluding tert-OH is 1. The van der Waals surface area contributed by atoms with Gasteiger partial charge in [0, 0.05) is 10.9 Å². The zero-order valence-corrected chi connectivity index (χ0v) is 13.7. The number of rotatable bonds is 4. The number of ether oxygens (including phenoxy) is 1. The highest BCUT2D eigenvalue weighted by atomic mass is 79.9. The zero-order chi connectivity index (χ0) is 14.8. The van der Waals surface area contributed by atoms with E-state index in [-0.39, 0.29) is 0 Å². The summed E-state index contributed by atoms with van der Waals surface area (Å²) in [6, 6.07) is 5.72. The molecule has 0 amide bonds. The molecule has 112 valence electrons. The second-order valence-electron chi connectivity index (χ2n) is 5.96. The van der Waals surface area contributed by atoms with Crippen LogP contribution >= 0.6 is 15.9 Å². The van der Waals surface area contributed by atoms with E-state index < -0.39 is 11.7 Å². The predicted octanol–water partition coefficient (Wildman–Crippen LogP) is 3.30. The van der Waals surface area contributed by atoms with Gasteiger partial charge in [-0.25, -0.2) is 0 Å². The van der Waals surface area contributed by atoms with E-state index in [0.717, 1.165) is 28.6 Å². The summed E-state index contributed by atoms with van der Waals surface area (Å²) in [5, 5.41) is 21.1. The van der Waals surface area contributed by atoms with Crippen molar-refractivity contribution in [2.24, 2.45) is 5.92 Å². The van der Waals surface area contributed by atoms with Crippen LogP contribution in [0.4, 0.5) is 0 Å². The fourth-order valence-electron chi connectivity index (χ4n) is 2.90. The number of hydrogen-bond donors (Lipinski definition) is 2. The minimum absolute atomic E-state index is 0.410. The second-order valence-corrected chi connectivity index (χ2v) is 6.88. The smallest absolute Gasteiger partial charge is 0.122 e. The Kier molecular flexibility index (Phi) is 5.10. The van der Waals surface area contributed by atoms with Crippen LogP contribution in [-0.2, 0) is 6.42 Å². The third-order valence-corrected chi connectivity index (χ3v) is 4.91. The molecule has 3 nitrogen and oxygen atoms in total. The minimum Gasteiger partial charge on any atom is -0.496 e. The van der Waals surface area contributed by atoms with E-state index in [0.29, 0.717) is 25.2 Å². The fourth-order valence-corrected chi connectivity index (χ4v) is 3.31. The Labute approximate surface area is 129 Å². The van der Waals surface area contributed by atoms with Crippen molar-refractivity contribution >= 4 is 15.9 Å². The first-order valence-corrected chi connectivity index (χ1v) is 7.97. The van der Waals surface area contributed by atoms with Crippen LogP contribution < -0.4 is 4.74 Å². The van der Waals surface area contributed by atoms with Crippen molar-refractivity contribution in [1.82, 2.24) is 0 Å². The van der Waals surface area contributed by atoms with Gasteiger partial charge in [-0.2, -0.15) is 0 Å². The molecule has 0 saturated heterocycles. The summed E-state index contributed by atoms with van der Waals surface area (Å²) in [5.41, 5.74) is -0.0405. The summed E-state index contributed by atoms with van der Waals surface area (Å²) >= 11 is 3.43. The molecule has 0 heterocycles. The average Bonchev–Trinajstić information content (AvgIpc) is 2.42. The third kappa shape index (κ3) is 3.54. The fraction of sp³-hybridized carbons (Fsp3) is 0.625. The molecule has 1 atom stereocenters. The average molecular weight is 343 g/mol. The van der Waals surface area contributed by atoms with Crippen LogP contribution in [0.25, 0.3) is 0 Å². The quantitative estimate of drug-likeness (QED) is 0.882. The van der Waals surface area contributed by atoms with Crippen molar-refractivity contribution in [2.45, 2.75) is 50.7 Å². The standard InChI is InChI=1S/C16H23BrO3/c1-11-5-7-16(19,8-6-11)15(18)10-12-9-13(17)3-4-14(12)20-2/h3-4,9,11,15,18-19H,5-8,10H2,1-2H3. The Morgan fingerprint density at radius 3 is 2.65 bits per heavy atom. The monoisotopic (exact) mass is 342 g/mol. The van der Waals surface area contributed by atoms with Gasteiger partial charge in [0.05, 0.1) is 18.8 Å². The van der Waals surface area contributed by atoms with Crippen molar-refractivity contribution in [3.05, 3.63) is 28.2 Å². The lowest BCUT2D eigenvalue weighted by Gasteiger charge is -2.38. The SMILES string of the molecule is COc1ccc(Br)cc1CC(O)C1(O)CCC(C)CC1.